The van der Waals surface area contributed by atoms with Crippen molar-refractivity contribution in [2.45, 2.75) is 32.6 Å². The molecule has 1 aromatic carbocycles. The quantitative estimate of drug-likeness (QED) is 0.371. The van der Waals surface area contributed by atoms with Crippen LogP contribution in [0.5, 0.6) is 0 Å². The maximum Gasteiger partial charge on any atom is 0.213 e. The molecule has 9 heteroatoms. The topological polar surface area (TPSA) is 100 Å². The van der Waals surface area contributed by atoms with E-state index < -0.39 is 10.0 Å². The molecule has 1 fully saturated rings. The van der Waals surface area contributed by atoms with Crippen molar-refractivity contribution in [3.8, 4) is 5.69 Å². The third-order valence-corrected chi connectivity index (χ3v) is 6.53. The van der Waals surface area contributed by atoms with Gasteiger partial charge in [0.05, 0.1) is 18.0 Å². The molecule has 2 aromatic rings. The zero-order chi connectivity index (χ0) is 21.2. The minimum Gasteiger partial charge on any atom is -0.357 e. The van der Waals surface area contributed by atoms with Crippen LogP contribution in [0.1, 0.15) is 31.7 Å². The van der Waals surface area contributed by atoms with Crippen molar-refractivity contribution in [2.75, 3.05) is 31.9 Å². The van der Waals surface area contributed by atoms with Gasteiger partial charge in [-0.05, 0) is 55.9 Å². The van der Waals surface area contributed by atoms with Gasteiger partial charge in [0.15, 0.2) is 5.96 Å². The standard InChI is InChI=1S/C21H32N6O2S/c1-2-22-21(24-14-16-30(28,29)26-17-19-5-3-6-19)23-13-11-18-7-9-20(10-8-18)27-15-4-12-25-27/h4,7-10,12,15,19,26H,2-3,5-6,11,13-14,16-17H2,1H3,(H2,22,23,24). The van der Waals surface area contributed by atoms with Crippen LogP contribution in [0, 0.1) is 5.92 Å². The Morgan fingerprint density at radius 1 is 1.23 bits per heavy atom. The van der Waals surface area contributed by atoms with E-state index in [1.165, 1.54) is 12.0 Å². The van der Waals surface area contributed by atoms with E-state index in [2.05, 4.69) is 37.6 Å². The first kappa shape index (κ1) is 22.3. The van der Waals surface area contributed by atoms with E-state index in [9.17, 15) is 8.42 Å². The van der Waals surface area contributed by atoms with E-state index in [1.807, 2.05) is 36.0 Å². The molecule has 1 heterocycles. The molecule has 8 nitrogen and oxygen atoms in total. The van der Waals surface area contributed by atoms with E-state index in [-0.39, 0.29) is 12.3 Å². The normalized spacial score (nSPS) is 15.0. The van der Waals surface area contributed by atoms with Crippen LogP contribution in [0.4, 0.5) is 0 Å². The fourth-order valence-electron chi connectivity index (χ4n) is 3.20. The maximum absolute atomic E-state index is 12.1. The Hall–Kier alpha value is -2.39. The summed E-state index contributed by atoms with van der Waals surface area (Å²) in [6, 6.07) is 10.2. The monoisotopic (exact) mass is 432 g/mol. The summed E-state index contributed by atoms with van der Waals surface area (Å²) >= 11 is 0. The second kappa shape index (κ2) is 11.1. The molecule has 1 saturated carbocycles. The number of nitrogens with one attached hydrogen (secondary N) is 3. The molecule has 1 aliphatic rings. The Labute approximate surface area is 179 Å². The predicted octanol–water partition coefficient (Wildman–Crippen LogP) is 1.69. The number of guanidine groups is 1. The molecule has 164 valence electrons. The molecule has 0 aliphatic heterocycles. The highest BCUT2D eigenvalue weighted by molar-refractivity contribution is 7.89. The number of hydrogen-bond donors (Lipinski definition) is 3. The molecule has 0 spiro atoms. The van der Waals surface area contributed by atoms with Gasteiger partial charge in [0.25, 0.3) is 0 Å². The Bertz CT molecular complexity index is 890. The largest absolute Gasteiger partial charge is 0.357 e. The summed E-state index contributed by atoms with van der Waals surface area (Å²) in [5.74, 6) is 1.15. The predicted molar refractivity (Wildman–Crippen MR) is 120 cm³/mol. The summed E-state index contributed by atoms with van der Waals surface area (Å²) in [4.78, 5) is 4.40. The summed E-state index contributed by atoms with van der Waals surface area (Å²) < 4.78 is 28.7. The van der Waals surface area contributed by atoms with Gasteiger partial charge in [0.1, 0.15) is 0 Å². The lowest BCUT2D eigenvalue weighted by Crippen LogP contribution is -2.39. The molecule has 0 saturated heterocycles. The third-order valence-electron chi connectivity index (χ3n) is 5.20. The number of sulfonamides is 1. The van der Waals surface area contributed by atoms with Crippen molar-refractivity contribution in [3.05, 3.63) is 48.3 Å². The van der Waals surface area contributed by atoms with Crippen LogP contribution in [-0.4, -0.2) is 56.1 Å². The lowest BCUT2D eigenvalue weighted by molar-refractivity contribution is 0.316. The molecule has 0 atom stereocenters. The van der Waals surface area contributed by atoms with Crippen molar-refractivity contribution in [1.82, 2.24) is 25.1 Å². The van der Waals surface area contributed by atoms with E-state index in [0.717, 1.165) is 31.5 Å². The summed E-state index contributed by atoms with van der Waals surface area (Å²) in [5, 5.41) is 10.7. The molecule has 3 rings (SSSR count). The van der Waals surface area contributed by atoms with Gasteiger partial charge >= 0.3 is 0 Å². The van der Waals surface area contributed by atoms with Crippen molar-refractivity contribution in [2.24, 2.45) is 10.9 Å². The van der Waals surface area contributed by atoms with Crippen molar-refractivity contribution in [3.63, 3.8) is 0 Å². The molecular weight excluding hydrogens is 400 g/mol. The highest BCUT2D eigenvalue weighted by Gasteiger charge is 2.19. The average Bonchev–Trinajstić information content (AvgIpc) is 3.22. The van der Waals surface area contributed by atoms with E-state index >= 15 is 0 Å². The van der Waals surface area contributed by atoms with Crippen molar-refractivity contribution < 1.29 is 8.42 Å². The van der Waals surface area contributed by atoms with Gasteiger partial charge in [-0.2, -0.15) is 5.10 Å². The first-order chi connectivity index (χ1) is 14.6. The summed E-state index contributed by atoms with van der Waals surface area (Å²) in [7, 11) is -3.27. The third kappa shape index (κ3) is 7.14. The molecular formula is C21H32N6O2S. The second-order valence-electron chi connectivity index (χ2n) is 7.52. The molecule has 30 heavy (non-hydrogen) atoms. The van der Waals surface area contributed by atoms with Crippen molar-refractivity contribution >= 4 is 16.0 Å². The van der Waals surface area contributed by atoms with E-state index in [1.54, 1.807) is 6.20 Å². The maximum atomic E-state index is 12.1. The minimum atomic E-state index is -3.27. The van der Waals surface area contributed by atoms with Crippen LogP contribution >= 0.6 is 0 Å². The molecule has 0 radical (unpaired) electrons. The number of aliphatic imine (C=N–C) groups is 1. The summed E-state index contributed by atoms with van der Waals surface area (Å²) in [5.41, 5.74) is 2.23. The number of rotatable bonds is 11. The minimum absolute atomic E-state index is 0.00514. The highest BCUT2D eigenvalue weighted by Crippen LogP contribution is 2.25. The van der Waals surface area contributed by atoms with Gasteiger partial charge in [-0.3, -0.25) is 4.99 Å². The highest BCUT2D eigenvalue weighted by atomic mass is 32.2. The van der Waals surface area contributed by atoms with Crippen LogP contribution in [0.3, 0.4) is 0 Å². The van der Waals surface area contributed by atoms with Gasteiger partial charge in [-0.15, -0.1) is 0 Å². The lowest BCUT2D eigenvalue weighted by atomic mass is 9.86. The lowest BCUT2D eigenvalue weighted by Gasteiger charge is -2.25. The van der Waals surface area contributed by atoms with Gasteiger partial charge < -0.3 is 10.6 Å². The van der Waals surface area contributed by atoms with E-state index in [0.29, 0.717) is 25.0 Å². The Balaban J connectivity index is 1.41. The van der Waals surface area contributed by atoms with Gasteiger partial charge in [-0.25, -0.2) is 17.8 Å². The Morgan fingerprint density at radius 3 is 2.67 bits per heavy atom. The summed E-state index contributed by atoms with van der Waals surface area (Å²) in [6.45, 7) is 4.20. The zero-order valence-corrected chi connectivity index (χ0v) is 18.4. The van der Waals surface area contributed by atoms with Gasteiger partial charge in [-0.1, -0.05) is 18.6 Å². The number of hydrogen-bond acceptors (Lipinski definition) is 4. The Kier molecular flexibility index (Phi) is 8.27. The first-order valence-corrected chi connectivity index (χ1v) is 12.3. The molecule has 0 amide bonds. The SMILES string of the molecule is CCNC(=NCCS(=O)(=O)NCC1CCC1)NCCc1ccc(-n2cccn2)cc1. The molecule has 1 aromatic heterocycles. The van der Waals surface area contributed by atoms with Crippen LogP contribution < -0.4 is 15.4 Å². The van der Waals surface area contributed by atoms with Crippen molar-refractivity contribution in [1.29, 1.82) is 0 Å². The van der Waals surface area contributed by atoms with E-state index in [4.69, 9.17) is 0 Å². The number of aromatic nitrogens is 2. The second-order valence-corrected chi connectivity index (χ2v) is 9.45. The molecule has 0 unspecified atom stereocenters. The van der Waals surface area contributed by atoms with Crippen LogP contribution in [0.2, 0.25) is 0 Å². The summed E-state index contributed by atoms with van der Waals surface area (Å²) in [6.07, 6.45) is 7.98. The fraction of sp³-hybridized carbons (Fsp3) is 0.524. The zero-order valence-electron chi connectivity index (χ0n) is 17.5. The first-order valence-electron chi connectivity index (χ1n) is 10.6. The van der Waals surface area contributed by atoms with Gasteiger partial charge in [0, 0.05) is 32.0 Å². The smallest absolute Gasteiger partial charge is 0.213 e. The Morgan fingerprint density at radius 2 is 2.03 bits per heavy atom. The molecule has 3 N–H and O–H groups in total. The van der Waals surface area contributed by atoms with Gasteiger partial charge in [0.2, 0.25) is 10.0 Å². The molecule has 0 bridgehead atoms. The molecule has 1 aliphatic carbocycles. The van der Waals surface area contributed by atoms with Crippen LogP contribution in [0.25, 0.3) is 5.69 Å². The fourth-order valence-corrected chi connectivity index (χ4v) is 4.16. The number of benzene rings is 1. The number of nitrogens with zero attached hydrogens (tertiary/aromatic N) is 3. The van der Waals surface area contributed by atoms with Crippen LogP contribution in [0.15, 0.2) is 47.7 Å². The average molecular weight is 433 g/mol. The van der Waals surface area contributed by atoms with Crippen LogP contribution in [-0.2, 0) is 16.4 Å².